The Morgan fingerprint density at radius 2 is 1.71 bits per heavy atom. The summed E-state index contributed by atoms with van der Waals surface area (Å²) in [7, 11) is -3.75. The SMILES string of the molecule is CC(C)CCC(=O)Nc1cccc(-c2cccc(S(N)(=O)=O)c2)c1. The first-order chi connectivity index (χ1) is 11.3. The fourth-order valence-corrected chi connectivity index (χ4v) is 2.83. The Labute approximate surface area is 142 Å². The molecule has 0 spiro atoms. The van der Waals surface area contributed by atoms with E-state index in [1.807, 2.05) is 18.2 Å². The van der Waals surface area contributed by atoms with Gasteiger partial charge in [0.25, 0.3) is 0 Å². The molecule has 0 atom stereocenters. The van der Waals surface area contributed by atoms with Gasteiger partial charge in [-0.2, -0.15) is 0 Å². The molecule has 0 aliphatic rings. The summed E-state index contributed by atoms with van der Waals surface area (Å²) in [4.78, 5) is 12.0. The van der Waals surface area contributed by atoms with E-state index in [0.717, 1.165) is 17.5 Å². The first kappa shape index (κ1) is 18.2. The first-order valence-corrected chi connectivity index (χ1v) is 9.33. The van der Waals surface area contributed by atoms with Crippen LogP contribution in [-0.4, -0.2) is 14.3 Å². The average molecular weight is 346 g/mol. The second-order valence-corrected chi connectivity index (χ2v) is 7.70. The predicted molar refractivity (Wildman–Crippen MR) is 96.0 cm³/mol. The molecule has 0 bridgehead atoms. The number of nitrogens with two attached hydrogens (primary N) is 1. The van der Waals surface area contributed by atoms with Crippen LogP contribution in [0.25, 0.3) is 11.1 Å². The third-order valence-corrected chi connectivity index (χ3v) is 4.50. The lowest BCUT2D eigenvalue weighted by atomic mass is 10.0. The smallest absolute Gasteiger partial charge is 0.238 e. The van der Waals surface area contributed by atoms with E-state index >= 15 is 0 Å². The van der Waals surface area contributed by atoms with Crippen molar-refractivity contribution in [2.45, 2.75) is 31.6 Å². The molecular weight excluding hydrogens is 324 g/mol. The van der Waals surface area contributed by atoms with Gasteiger partial charge in [0, 0.05) is 12.1 Å². The molecular formula is C18H22N2O3S. The predicted octanol–water partition coefficient (Wildman–Crippen LogP) is 3.38. The lowest BCUT2D eigenvalue weighted by molar-refractivity contribution is -0.116. The van der Waals surface area contributed by atoms with E-state index in [-0.39, 0.29) is 10.8 Å². The highest BCUT2D eigenvalue weighted by Crippen LogP contribution is 2.25. The summed E-state index contributed by atoms with van der Waals surface area (Å²) in [6.07, 6.45) is 1.31. The highest BCUT2D eigenvalue weighted by Gasteiger charge is 2.10. The summed E-state index contributed by atoms with van der Waals surface area (Å²) in [5.41, 5.74) is 2.21. The van der Waals surface area contributed by atoms with Crippen LogP contribution in [0.4, 0.5) is 5.69 Å². The van der Waals surface area contributed by atoms with Crippen molar-refractivity contribution in [3.05, 3.63) is 48.5 Å². The maximum atomic E-state index is 11.9. The van der Waals surface area contributed by atoms with Crippen molar-refractivity contribution in [2.24, 2.45) is 11.1 Å². The Morgan fingerprint density at radius 1 is 1.08 bits per heavy atom. The van der Waals surface area contributed by atoms with Crippen molar-refractivity contribution in [2.75, 3.05) is 5.32 Å². The quantitative estimate of drug-likeness (QED) is 0.840. The van der Waals surface area contributed by atoms with Crippen molar-refractivity contribution >= 4 is 21.6 Å². The summed E-state index contributed by atoms with van der Waals surface area (Å²) in [5, 5.41) is 8.04. The van der Waals surface area contributed by atoms with Crippen LogP contribution in [0.5, 0.6) is 0 Å². The number of benzene rings is 2. The van der Waals surface area contributed by atoms with Crippen molar-refractivity contribution in [3.63, 3.8) is 0 Å². The largest absolute Gasteiger partial charge is 0.326 e. The second-order valence-electron chi connectivity index (χ2n) is 6.13. The van der Waals surface area contributed by atoms with E-state index in [9.17, 15) is 13.2 Å². The fourth-order valence-electron chi connectivity index (χ4n) is 2.27. The molecule has 0 saturated heterocycles. The molecule has 128 valence electrons. The second kappa shape index (κ2) is 7.59. The molecule has 0 fully saturated rings. The maximum Gasteiger partial charge on any atom is 0.238 e. The topological polar surface area (TPSA) is 89.3 Å². The zero-order chi connectivity index (χ0) is 17.7. The van der Waals surface area contributed by atoms with Crippen molar-refractivity contribution in [3.8, 4) is 11.1 Å². The summed E-state index contributed by atoms with van der Waals surface area (Å²) in [6.45, 7) is 4.15. The summed E-state index contributed by atoms with van der Waals surface area (Å²) in [5.74, 6) is 0.446. The third kappa shape index (κ3) is 5.18. The van der Waals surface area contributed by atoms with Crippen molar-refractivity contribution in [1.29, 1.82) is 0 Å². The van der Waals surface area contributed by atoms with E-state index in [0.29, 0.717) is 18.0 Å². The van der Waals surface area contributed by atoms with Gasteiger partial charge in [-0.1, -0.05) is 38.1 Å². The zero-order valence-electron chi connectivity index (χ0n) is 13.8. The van der Waals surface area contributed by atoms with Gasteiger partial charge in [0.15, 0.2) is 0 Å². The molecule has 0 aliphatic carbocycles. The van der Waals surface area contributed by atoms with Crippen LogP contribution >= 0.6 is 0 Å². The van der Waals surface area contributed by atoms with E-state index < -0.39 is 10.0 Å². The van der Waals surface area contributed by atoms with Crippen LogP contribution in [0, 0.1) is 5.92 Å². The molecule has 3 N–H and O–H groups in total. The molecule has 2 aromatic rings. The van der Waals surface area contributed by atoms with Crippen LogP contribution in [0.1, 0.15) is 26.7 Å². The number of carbonyl (C=O) groups is 1. The van der Waals surface area contributed by atoms with Crippen LogP contribution in [0.3, 0.4) is 0 Å². The lowest BCUT2D eigenvalue weighted by Crippen LogP contribution is -2.12. The van der Waals surface area contributed by atoms with Gasteiger partial charge in [0.05, 0.1) is 4.90 Å². The summed E-state index contributed by atoms with van der Waals surface area (Å²) in [6, 6.07) is 13.7. The number of hydrogen-bond donors (Lipinski definition) is 2. The van der Waals surface area contributed by atoms with Gasteiger partial charge < -0.3 is 5.32 Å². The molecule has 6 heteroatoms. The van der Waals surface area contributed by atoms with Crippen LogP contribution in [0.15, 0.2) is 53.4 Å². The Hall–Kier alpha value is -2.18. The molecule has 0 unspecified atom stereocenters. The Kier molecular flexibility index (Phi) is 5.75. The number of primary sulfonamides is 1. The van der Waals surface area contributed by atoms with E-state index in [1.165, 1.54) is 12.1 Å². The Balaban J connectivity index is 2.20. The molecule has 0 aliphatic heterocycles. The number of sulfonamides is 1. The highest BCUT2D eigenvalue weighted by atomic mass is 32.2. The standard InChI is InChI=1S/C18H22N2O3S/c1-13(2)9-10-18(21)20-16-7-3-5-14(11-16)15-6-4-8-17(12-15)24(19,22)23/h3-8,11-13H,9-10H2,1-2H3,(H,20,21)(H2,19,22,23). The Bertz CT molecular complexity index is 830. The Morgan fingerprint density at radius 3 is 2.33 bits per heavy atom. The van der Waals surface area contributed by atoms with Crippen molar-refractivity contribution in [1.82, 2.24) is 0 Å². The molecule has 5 nitrogen and oxygen atoms in total. The number of amides is 1. The minimum Gasteiger partial charge on any atom is -0.326 e. The lowest BCUT2D eigenvalue weighted by Gasteiger charge is -2.09. The normalized spacial score (nSPS) is 11.5. The van der Waals surface area contributed by atoms with Crippen LogP contribution < -0.4 is 10.5 Å². The maximum absolute atomic E-state index is 11.9. The first-order valence-electron chi connectivity index (χ1n) is 7.79. The minimum absolute atomic E-state index is 0.0286. The average Bonchev–Trinajstić information content (AvgIpc) is 2.52. The number of carbonyl (C=O) groups excluding carboxylic acids is 1. The van der Waals surface area contributed by atoms with Gasteiger partial charge in [-0.25, -0.2) is 13.6 Å². The molecule has 0 aromatic heterocycles. The van der Waals surface area contributed by atoms with Gasteiger partial charge in [-0.05, 0) is 47.7 Å². The molecule has 2 rings (SSSR count). The number of nitrogens with one attached hydrogen (secondary N) is 1. The molecule has 0 heterocycles. The molecule has 2 aromatic carbocycles. The number of hydrogen-bond acceptors (Lipinski definition) is 3. The van der Waals surface area contributed by atoms with Gasteiger partial charge in [0.2, 0.25) is 15.9 Å². The van der Waals surface area contributed by atoms with Crippen LogP contribution in [-0.2, 0) is 14.8 Å². The monoisotopic (exact) mass is 346 g/mol. The number of anilines is 1. The highest BCUT2D eigenvalue weighted by molar-refractivity contribution is 7.89. The van der Waals surface area contributed by atoms with Gasteiger partial charge >= 0.3 is 0 Å². The minimum atomic E-state index is -3.75. The molecule has 0 saturated carbocycles. The van der Waals surface area contributed by atoms with E-state index in [4.69, 9.17) is 5.14 Å². The fraction of sp³-hybridized carbons (Fsp3) is 0.278. The summed E-state index contributed by atoms with van der Waals surface area (Å²) >= 11 is 0. The van der Waals surface area contributed by atoms with Gasteiger partial charge in [0.1, 0.15) is 0 Å². The van der Waals surface area contributed by atoms with Crippen LogP contribution in [0.2, 0.25) is 0 Å². The van der Waals surface area contributed by atoms with Gasteiger partial charge in [-0.3, -0.25) is 4.79 Å². The van der Waals surface area contributed by atoms with Crippen molar-refractivity contribution < 1.29 is 13.2 Å². The number of rotatable bonds is 6. The third-order valence-electron chi connectivity index (χ3n) is 3.59. The van der Waals surface area contributed by atoms with E-state index in [2.05, 4.69) is 19.2 Å². The zero-order valence-corrected chi connectivity index (χ0v) is 14.6. The molecule has 1 amide bonds. The molecule has 0 radical (unpaired) electrons. The van der Waals surface area contributed by atoms with Gasteiger partial charge in [-0.15, -0.1) is 0 Å². The van der Waals surface area contributed by atoms with E-state index in [1.54, 1.807) is 18.2 Å². The molecule has 24 heavy (non-hydrogen) atoms. The summed E-state index contributed by atoms with van der Waals surface area (Å²) < 4.78 is 23.0.